The highest BCUT2D eigenvalue weighted by atomic mass is 16.4. The van der Waals surface area contributed by atoms with Gasteiger partial charge in [-0.05, 0) is 51.2 Å². The first kappa shape index (κ1) is 26.9. The van der Waals surface area contributed by atoms with Gasteiger partial charge in [-0.2, -0.15) is 0 Å². The van der Waals surface area contributed by atoms with Crippen molar-refractivity contribution in [2.24, 2.45) is 5.92 Å². The molecule has 0 aromatic heterocycles. The highest BCUT2D eigenvalue weighted by Gasteiger charge is 2.42. The molecule has 0 radical (unpaired) electrons. The predicted molar refractivity (Wildman–Crippen MR) is 127 cm³/mol. The van der Waals surface area contributed by atoms with E-state index in [1.807, 2.05) is 0 Å². The number of aliphatic carboxylic acids is 1. The van der Waals surface area contributed by atoms with Crippen molar-refractivity contribution in [1.82, 2.24) is 0 Å². The van der Waals surface area contributed by atoms with Crippen molar-refractivity contribution in [2.45, 2.75) is 59.5 Å². The molecule has 0 heterocycles. The number of hydrogen-bond donors (Lipinski definition) is 1. The summed E-state index contributed by atoms with van der Waals surface area (Å²) in [5.74, 6) is -0.679. The fourth-order valence-corrected chi connectivity index (χ4v) is 4.22. The lowest BCUT2D eigenvalue weighted by Crippen LogP contribution is -2.58. The van der Waals surface area contributed by atoms with E-state index < -0.39 is 11.6 Å². The third kappa shape index (κ3) is 8.12. The van der Waals surface area contributed by atoms with Crippen LogP contribution in [0.2, 0.25) is 0 Å². The second-order valence-corrected chi connectivity index (χ2v) is 8.78. The molecule has 0 saturated heterocycles. The van der Waals surface area contributed by atoms with E-state index in [2.05, 4.69) is 95.3 Å². The van der Waals surface area contributed by atoms with Gasteiger partial charge in [0.25, 0.3) is 0 Å². The van der Waals surface area contributed by atoms with Crippen molar-refractivity contribution >= 4 is 5.97 Å². The van der Waals surface area contributed by atoms with Crippen molar-refractivity contribution in [3.63, 3.8) is 0 Å². The molecule has 0 saturated carbocycles. The van der Waals surface area contributed by atoms with Gasteiger partial charge in [0.15, 0.2) is 0 Å². The number of aliphatic hydroxyl groups is 1. The summed E-state index contributed by atoms with van der Waals surface area (Å²) in [5, 5.41) is 20.8. The minimum Gasteiger partial charge on any atom is -0.550 e. The summed E-state index contributed by atoms with van der Waals surface area (Å²) in [6.07, 6.45) is 0.749. The first-order valence-electron chi connectivity index (χ1n) is 11.5. The van der Waals surface area contributed by atoms with Crippen LogP contribution in [0.25, 0.3) is 0 Å². The standard InChI is InChI=1S/C25H38NO.C2H4O2/c1-6-26(7-2,8-3)20-25(27,21(4)5)19-24(22-15-11-9-12-16-22)23-17-13-10-14-18-23;1-2(3)4/h9-18,21,24,27H,6-8,19-20H2,1-5H3;1H3,(H,3,4)/q+1;/p-1. The Balaban J connectivity index is 0.00000110. The molecule has 0 bridgehead atoms. The van der Waals surface area contributed by atoms with Crippen LogP contribution in [0.3, 0.4) is 0 Å². The first-order chi connectivity index (χ1) is 14.6. The van der Waals surface area contributed by atoms with Crippen molar-refractivity contribution in [3.8, 4) is 0 Å². The summed E-state index contributed by atoms with van der Waals surface area (Å²) < 4.78 is 0.963. The molecule has 0 fully saturated rings. The van der Waals surface area contributed by atoms with Crippen molar-refractivity contribution in [3.05, 3.63) is 71.8 Å². The van der Waals surface area contributed by atoms with E-state index in [9.17, 15) is 5.11 Å². The molecule has 4 nitrogen and oxygen atoms in total. The molecule has 0 spiro atoms. The highest BCUT2D eigenvalue weighted by molar-refractivity contribution is 5.60. The molecule has 0 aliphatic carbocycles. The number of benzene rings is 2. The fourth-order valence-electron chi connectivity index (χ4n) is 4.22. The number of carbonyl (C=O) groups is 1. The summed E-state index contributed by atoms with van der Waals surface area (Å²) in [4.78, 5) is 8.89. The molecule has 2 aromatic carbocycles. The first-order valence-corrected chi connectivity index (χ1v) is 11.5. The Bertz CT molecular complexity index is 705. The second-order valence-electron chi connectivity index (χ2n) is 8.78. The Hall–Kier alpha value is -2.17. The number of carboxylic acid groups (broad SMARTS) is 1. The van der Waals surface area contributed by atoms with Crippen LogP contribution in [0.4, 0.5) is 0 Å². The van der Waals surface area contributed by atoms with E-state index in [4.69, 9.17) is 9.90 Å². The van der Waals surface area contributed by atoms with E-state index in [1.54, 1.807) is 0 Å². The molecule has 1 N–H and O–H groups in total. The van der Waals surface area contributed by atoms with Crippen LogP contribution in [0.5, 0.6) is 0 Å². The van der Waals surface area contributed by atoms with Gasteiger partial charge >= 0.3 is 0 Å². The van der Waals surface area contributed by atoms with Crippen molar-refractivity contribution in [1.29, 1.82) is 0 Å². The highest BCUT2D eigenvalue weighted by Crippen LogP contribution is 2.37. The zero-order valence-electron chi connectivity index (χ0n) is 20.2. The molecule has 172 valence electrons. The quantitative estimate of drug-likeness (QED) is 0.577. The van der Waals surface area contributed by atoms with Gasteiger partial charge in [0.05, 0.1) is 19.6 Å². The van der Waals surface area contributed by atoms with Gasteiger partial charge in [-0.3, -0.25) is 0 Å². The maximum absolute atomic E-state index is 11.9. The Labute approximate surface area is 189 Å². The lowest BCUT2D eigenvalue weighted by atomic mass is 9.76. The second kappa shape index (κ2) is 12.6. The molecule has 0 aliphatic heterocycles. The smallest absolute Gasteiger partial charge is 0.117 e. The number of quaternary nitrogens is 1. The van der Waals surface area contributed by atoms with Crippen molar-refractivity contribution < 1.29 is 19.5 Å². The van der Waals surface area contributed by atoms with Crippen LogP contribution in [0, 0.1) is 5.92 Å². The number of hydrogen-bond acceptors (Lipinski definition) is 3. The lowest BCUT2D eigenvalue weighted by molar-refractivity contribution is -0.929. The maximum atomic E-state index is 11.9. The summed E-state index contributed by atoms with van der Waals surface area (Å²) in [7, 11) is 0. The van der Waals surface area contributed by atoms with E-state index in [1.165, 1.54) is 11.1 Å². The molecule has 4 heteroatoms. The Kier molecular flexibility index (Phi) is 10.9. The third-order valence-electron chi connectivity index (χ3n) is 6.66. The molecular weight excluding hydrogens is 386 g/mol. The van der Waals surface area contributed by atoms with E-state index in [0.29, 0.717) is 0 Å². The Morgan fingerprint density at radius 1 is 0.903 bits per heavy atom. The summed E-state index contributed by atoms with van der Waals surface area (Å²) >= 11 is 0. The van der Waals surface area contributed by atoms with Gasteiger partial charge < -0.3 is 19.5 Å². The van der Waals surface area contributed by atoms with E-state index >= 15 is 0 Å². The van der Waals surface area contributed by atoms with Crippen LogP contribution in [0.15, 0.2) is 60.7 Å². The van der Waals surface area contributed by atoms with Gasteiger partial charge in [0.2, 0.25) is 0 Å². The molecule has 31 heavy (non-hydrogen) atoms. The van der Waals surface area contributed by atoms with Gasteiger partial charge in [-0.25, -0.2) is 0 Å². The number of nitrogens with zero attached hydrogens (tertiary/aromatic N) is 1. The zero-order valence-corrected chi connectivity index (χ0v) is 20.2. The number of carbonyl (C=O) groups excluding carboxylic acids is 1. The van der Waals surface area contributed by atoms with Crippen LogP contribution in [-0.4, -0.2) is 47.3 Å². The predicted octanol–water partition coefficient (Wildman–Crippen LogP) is 4.23. The summed E-state index contributed by atoms with van der Waals surface area (Å²) in [6, 6.07) is 21.3. The molecule has 1 atom stereocenters. The summed E-state index contributed by atoms with van der Waals surface area (Å²) in [5.41, 5.74) is 1.86. The summed E-state index contributed by atoms with van der Waals surface area (Å²) in [6.45, 7) is 16.0. The topological polar surface area (TPSA) is 60.4 Å². The monoisotopic (exact) mass is 427 g/mol. The SMILES string of the molecule is CC(=O)[O-].CC[N+](CC)(CC)CC(O)(CC(c1ccccc1)c1ccccc1)C(C)C. The van der Waals surface area contributed by atoms with Gasteiger partial charge in [0.1, 0.15) is 12.1 Å². The van der Waals surface area contributed by atoms with Crippen molar-refractivity contribution in [2.75, 3.05) is 26.2 Å². The molecule has 1 unspecified atom stereocenters. The Morgan fingerprint density at radius 3 is 1.55 bits per heavy atom. The molecule has 0 aliphatic rings. The van der Waals surface area contributed by atoms with Crippen LogP contribution >= 0.6 is 0 Å². The number of carboxylic acids is 1. The van der Waals surface area contributed by atoms with Gasteiger partial charge in [-0.1, -0.05) is 74.5 Å². The van der Waals surface area contributed by atoms with E-state index in [-0.39, 0.29) is 11.8 Å². The molecule has 2 aromatic rings. The molecular formula is C27H41NO3. The van der Waals surface area contributed by atoms with Gasteiger partial charge in [-0.15, -0.1) is 0 Å². The largest absolute Gasteiger partial charge is 0.550 e. The van der Waals surface area contributed by atoms with Crippen LogP contribution in [-0.2, 0) is 4.79 Å². The normalized spacial score (nSPS) is 13.5. The minimum atomic E-state index is -1.08. The fraction of sp³-hybridized carbons (Fsp3) is 0.519. The average Bonchev–Trinajstić information content (AvgIpc) is 2.77. The van der Waals surface area contributed by atoms with Gasteiger partial charge in [0, 0.05) is 11.9 Å². The van der Waals surface area contributed by atoms with E-state index in [0.717, 1.165) is 44.0 Å². The average molecular weight is 428 g/mol. The third-order valence-corrected chi connectivity index (χ3v) is 6.66. The van der Waals surface area contributed by atoms with Crippen LogP contribution < -0.4 is 5.11 Å². The lowest BCUT2D eigenvalue weighted by Gasteiger charge is -2.45. The molecule has 2 rings (SSSR count). The van der Waals surface area contributed by atoms with Crippen LogP contribution in [0.1, 0.15) is 65.0 Å². The minimum absolute atomic E-state index is 0.201. The maximum Gasteiger partial charge on any atom is 0.117 e. The number of rotatable bonds is 10. The molecule has 0 amide bonds. The zero-order chi connectivity index (χ0) is 23.5. The number of likely N-dealkylation sites (N-methyl/N-ethyl adjacent to an activating group) is 1. The Morgan fingerprint density at radius 2 is 1.26 bits per heavy atom.